The molecule has 2 saturated heterocycles. The maximum absolute atomic E-state index is 14.4. The minimum absolute atomic E-state index is 0.000625. The molecule has 6 fully saturated rings. The molecule has 6 rings (SSSR count). The summed E-state index contributed by atoms with van der Waals surface area (Å²) in [6.07, 6.45) is 8.01. The highest BCUT2D eigenvalue weighted by Crippen LogP contribution is 2.70. The molecular formula is C33H56O5Si. The first-order chi connectivity index (χ1) is 18.0. The smallest absolute Gasteiger partial charge is 0.192 e. The summed E-state index contributed by atoms with van der Waals surface area (Å²) in [7, 11) is -1.83. The van der Waals surface area contributed by atoms with E-state index in [-0.39, 0.29) is 40.1 Å². The van der Waals surface area contributed by atoms with E-state index in [2.05, 4.69) is 61.6 Å². The van der Waals surface area contributed by atoms with Gasteiger partial charge in [-0.25, -0.2) is 0 Å². The van der Waals surface area contributed by atoms with Crippen LogP contribution in [-0.2, 0) is 18.7 Å². The van der Waals surface area contributed by atoms with Crippen molar-refractivity contribution in [3.63, 3.8) is 0 Å². The van der Waals surface area contributed by atoms with E-state index in [9.17, 15) is 9.90 Å². The highest BCUT2D eigenvalue weighted by Gasteiger charge is 2.73. The SMILES string of the molecule is C[C@@H]1CC[C@@]2(OC1)O[C@H]1C[C@H]3[C@@H]4CC[C@H]5C[C@@H](O[Si](C)(C)C(C)(C)C)CC[C@]5(C)[C@H]4[C@H](O)C(=O)[C@]3(C)[C@H]1[C@@H]2C. The number of hydrogen-bond acceptors (Lipinski definition) is 5. The fourth-order valence-corrected chi connectivity index (χ4v) is 12.1. The van der Waals surface area contributed by atoms with Crippen molar-refractivity contribution in [1.82, 2.24) is 0 Å². The van der Waals surface area contributed by atoms with E-state index in [1.807, 2.05) is 0 Å². The highest BCUT2D eigenvalue weighted by molar-refractivity contribution is 6.74. The van der Waals surface area contributed by atoms with Gasteiger partial charge in [-0.15, -0.1) is 0 Å². The Kier molecular flexibility index (Phi) is 6.74. The monoisotopic (exact) mass is 560 g/mol. The van der Waals surface area contributed by atoms with E-state index >= 15 is 0 Å². The van der Waals surface area contributed by atoms with Crippen LogP contribution in [0.3, 0.4) is 0 Å². The van der Waals surface area contributed by atoms with Gasteiger partial charge in [0.15, 0.2) is 19.9 Å². The van der Waals surface area contributed by atoms with Crippen LogP contribution in [0.2, 0.25) is 18.1 Å². The van der Waals surface area contributed by atoms with Gasteiger partial charge in [-0.05, 0) is 92.2 Å². The van der Waals surface area contributed by atoms with Crippen LogP contribution < -0.4 is 0 Å². The Morgan fingerprint density at radius 1 is 1.00 bits per heavy atom. The maximum atomic E-state index is 14.4. The first-order valence-electron chi connectivity index (χ1n) is 16.3. The molecule has 2 heterocycles. The second-order valence-electron chi connectivity index (χ2n) is 16.9. The molecule has 0 bridgehead atoms. The van der Waals surface area contributed by atoms with Crippen LogP contribution in [0.1, 0.15) is 99.8 Å². The van der Waals surface area contributed by atoms with E-state index in [0.717, 1.165) is 51.6 Å². The number of fused-ring (bicyclic) bond motifs is 7. The number of rotatable bonds is 2. The van der Waals surface area contributed by atoms with Crippen LogP contribution in [0.5, 0.6) is 0 Å². The summed E-state index contributed by atoms with van der Waals surface area (Å²) in [4.78, 5) is 14.4. The van der Waals surface area contributed by atoms with Crippen LogP contribution in [-0.4, -0.2) is 49.9 Å². The number of Topliss-reactive ketones (excluding diaryl/α,β-unsaturated/α-hetero) is 1. The molecule has 6 aliphatic rings. The predicted octanol–water partition coefficient (Wildman–Crippen LogP) is 6.97. The van der Waals surface area contributed by atoms with Gasteiger partial charge in [-0.1, -0.05) is 48.5 Å². The van der Waals surface area contributed by atoms with Crippen molar-refractivity contribution in [3.05, 3.63) is 0 Å². The van der Waals surface area contributed by atoms with Crippen LogP contribution in [0.25, 0.3) is 0 Å². The molecule has 1 N–H and O–H groups in total. The third-order valence-corrected chi connectivity index (χ3v) is 18.5. The Labute approximate surface area is 238 Å². The van der Waals surface area contributed by atoms with Crippen molar-refractivity contribution < 1.29 is 23.8 Å². The number of carbonyl (C=O) groups excluding carboxylic acids is 1. The molecule has 0 aromatic carbocycles. The summed E-state index contributed by atoms with van der Waals surface area (Å²) in [6.45, 7) is 21.6. The summed E-state index contributed by atoms with van der Waals surface area (Å²) in [5.41, 5.74) is -0.521. The van der Waals surface area contributed by atoms with E-state index in [4.69, 9.17) is 13.9 Å². The largest absolute Gasteiger partial charge is 0.414 e. The zero-order valence-corrected chi connectivity index (χ0v) is 27.2. The maximum Gasteiger partial charge on any atom is 0.192 e. The standard InChI is InChI=1S/C33H56O5Si/c1-19-12-15-33(36-18-19)20(2)26-25(37-33)17-24-23-11-10-21-16-22(38-39(8,9)30(3,4)5)13-14-31(21,6)27(23)28(34)29(35)32(24,26)7/h19-28,34H,10-18H2,1-9H3/t19-,20+,21+,22+,23+,24+,25+,26+,27-,28+,31+,32+,33-/m1/s1. The number of aliphatic hydroxyl groups is 1. The molecule has 0 aromatic heterocycles. The molecule has 0 amide bonds. The molecule has 6 heteroatoms. The van der Waals surface area contributed by atoms with Gasteiger partial charge in [0, 0.05) is 35.7 Å². The van der Waals surface area contributed by atoms with Gasteiger partial charge in [0.25, 0.3) is 0 Å². The fourth-order valence-electron chi connectivity index (χ4n) is 10.7. The molecule has 0 radical (unpaired) electrons. The lowest BCUT2D eigenvalue weighted by Gasteiger charge is -2.62. The molecule has 2 aliphatic heterocycles. The number of ketones is 1. The summed E-state index contributed by atoms with van der Waals surface area (Å²) in [5.74, 6) is 1.72. The van der Waals surface area contributed by atoms with Gasteiger partial charge >= 0.3 is 0 Å². The second kappa shape index (κ2) is 9.11. The molecule has 0 unspecified atom stereocenters. The minimum Gasteiger partial charge on any atom is -0.414 e. The molecule has 4 aliphatic carbocycles. The van der Waals surface area contributed by atoms with Crippen molar-refractivity contribution in [2.45, 2.75) is 142 Å². The number of carbonyl (C=O) groups is 1. The Morgan fingerprint density at radius 3 is 2.36 bits per heavy atom. The van der Waals surface area contributed by atoms with Crippen LogP contribution in [0.4, 0.5) is 0 Å². The molecule has 4 saturated carbocycles. The molecule has 39 heavy (non-hydrogen) atoms. The summed E-state index contributed by atoms with van der Waals surface area (Å²) in [5, 5.41) is 12.2. The molecular weight excluding hydrogens is 504 g/mol. The van der Waals surface area contributed by atoms with Crippen LogP contribution in [0, 0.1) is 52.3 Å². The number of hydrogen-bond donors (Lipinski definition) is 1. The number of aliphatic hydroxyl groups excluding tert-OH is 1. The predicted molar refractivity (Wildman–Crippen MR) is 156 cm³/mol. The lowest BCUT2D eigenvalue weighted by Crippen LogP contribution is -2.64. The van der Waals surface area contributed by atoms with Crippen molar-refractivity contribution in [1.29, 1.82) is 0 Å². The topological polar surface area (TPSA) is 65.0 Å². The van der Waals surface area contributed by atoms with Crippen molar-refractivity contribution in [2.24, 2.45) is 52.3 Å². The second-order valence-corrected chi connectivity index (χ2v) is 21.7. The third-order valence-electron chi connectivity index (χ3n) is 14.0. The lowest BCUT2D eigenvalue weighted by atomic mass is 9.43. The third kappa shape index (κ3) is 4.00. The molecule has 1 spiro atoms. The van der Waals surface area contributed by atoms with Gasteiger partial charge in [0.05, 0.1) is 12.7 Å². The van der Waals surface area contributed by atoms with Crippen molar-refractivity contribution >= 4 is 14.1 Å². The average molecular weight is 561 g/mol. The average Bonchev–Trinajstić information content (AvgIpc) is 3.29. The Hall–Kier alpha value is -0.273. The Balaban J connectivity index is 1.24. The van der Waals surface area contributed by atoms with E-state index < -0.39 is 25.6 Å². The Bertz CT molecular complexity index is 981. The van der Waals surface area contributed by atoms with Gasteiger partial charge in [-0.2, -0.15) is 0 Å². The first kappa shape index (κ1) is 28.8. The zero-order valence-electron chi connectivity index (χ0n) is 26.2. The van der Waals surface area contributed by atoms with E-state index in [1.165, 1.54) is 6.42 Å². The van der Waals surface area contributed by atoms with Gasteiger partial charge in [0.1, 0.15) is 6.10 Å². The van der Waals surface area contributed by atoms with Crippen molar-refractivity contribution in [3.8, 4) is 0 Å². The normalized spacial score (nSPS) is 53.7. The number of ether oxygens (including phenoxy) is 2. The van der Waals surface area contributed by atoms with E-state index in [0.29, 0.717) is 29.8 Å². The first-order valence-corrected chi connectivity index (χ1v) is 19.2. The summed E-state index contributed by atoms with van der Waals surface area (Å²) >= 11 is 0. The van der Waals surface area contributed by atoms with Gasteiger partial charge in [0.2, 0.25) is 0 Å². The van der Waals surface area contributed by atoms with Crippen molar-refractivity contribution in [2.75, 3.05) is 6.61 Å². The highest BCUT2D eigenvalue weighted by atomic mass is 28.4. The lowest BCUT2D eigenvalue weighted by molar-refractivity contribution is -0.273. The van der Waals surface area contributed by atoms with E-state index in [1.54, 1.807) is 0 Å². The zero-order chi connectivity index (χ0) is 28.3. The molecule has 0 aromatic rings. The van der Waals surface area contributed by atoms with Crippen LogP contribution in [0.15, 0.2) is 0 Å². The van der Waals surface area contributed by atoms with Gasteiger partial charge < -0.3 is 19.0 Å². The summed E-state index contributed by atoms with van der Waals surface area (Å²) in [6, 6.07) is 0. The molecule has 5 nitrogen and oxygen atoms in total. The molecule has 222 valence electrons. The van der Waals surface area contributed by atoms with Gasteiger partial charge in [-0.3, -0.25) is 4.79 Å². The summed E-state index contributed by atoms with van der Waals surface area (Å²) < 4.78 is 20.2. The van der Waals surface area contributed by atoms with Crippen LogP contribution >= 0.6 is 0 Å². The fraction of sp³-hybridized carbons (Fsp3) is 0.970. The quantitative estimate of drug-likeness (QED) is 0.369. The Morgan fingerprint density at radius 2 is 1.72 bits per heavy atom. The molecule has 13 atom stereocenters. The minimum atomic E-state index is -1.83.